The van der Waals surface area contributed by atoms with Gasteiger partial charge in [-0.2, -0.15) is 0 Å². The Hall–Kier alpha value is -2.10. The van der Waals surface area contributed by atoms with Crippen molar-refractivity contribution in [3.05, 3.63) is 48.4 Å². The van der Waals surface area contributed by atoms with E-state index in [2.05, 4.69) is 4.98 Å². The molecule has 0 saturated carbocycles. The average molecular weight is 187 g/mol. The van der Waals surface area contributed by atoms with Crippen LogP contribution in [-0.4, -0.2) is 15.5 Å². The first-order valence-corrected chi connectivity index (χ1v) is 4.17. The number of primary amides is 1. The van der Waals surface area contributed by atoms with Crippen molar-refractivity contribution in [2.75, 3.05) is 0 Å². The second-order valence-corrected chi connectivity index (χ2v) is 2.82. The summed E-state index contributed by atoms with van der Waals surface area (Å²) in [6.45, 7) is 0. The van der Waals surface area contributed by atoms with Crippen molar-refractivity contribution >= 4 is 5.91 Å². The van der Waals surface area contributed by atoms with E-state index in [4.69, 9.17) is 5.73 Å². The maximum absolute atomic E-state index is 11.0. The van der Waals surface area contributed by atoms with Crippen molar-refractivity contribution in [2.24, 2.45) is 5.73 Å². The zero-order valence-corrected chi connectivity index (χ0v) is 7.42. The molecule has 2 aromatic rings. The van der Waals surface area contributed by atoms with E-state index in [1.807, 2.05) is 18.2 Å². The van der Waals surface area contributed by atoms with Gasteiger partial charge in [-0.15, -0.1) is 0 Å². The minimum absolute atomic E-state index is 0.434. The highest BCUT2D eigenvalue weighted by Crippen LogP contribution is 2.08. The number of nitrogens with two attached hydrogens (primary N) is 1. The van der Waals surface area contributed by atoms with Crippen LogP contribution in [-0.2, 0) is 0 Å². The molecule has 2 aromatic heterocycles. The highest BCUT2D eigenvalue weighted by molar-refractivity contribution is 5.91. The Morgan fingerprint density at radius 2 is 2.14 bits per heavy atom. The van der Waals surface area contributed by atoms with Gasteiger partial charge in [-0.1, -0.05) is 6.07 Å². The Kier molecular flexibility index (Phi) is 2.02. The summed E-state index contributed by atoms with van der Waals surface area (Å²) in [5, 5.41) is 0. The molecule has 0 spiro atoms. The first-order valence-electron chi connectivity index (χ1n) is 4.17. The third-order valence-corrected chi connectivity index (χ3v) is 1.90. The van der Waals surface area contributed by atoms with E-state index in [0.717, 1.165) is 0 Å². The van der Waals surface area contributed by atoms with E-state index >= 15 is 0 Å². The highest BCUT2D eigenvalue weighted by atomic mass is 16.1. The Morgan fingerprint density at radius 3 is 2.79 bits per heavy atom. The fourth-order valence-electron chi connectivity index (χ4n) is 1.28. The van der Waals surface area contributed by atoms with Crippen molar-refractivity contribution in [2.45, 2.75) is 0 Å². The van der Waals surface area contributed by atoms with Gasteiger partial charge >= 0.3 is 0 Å². The molecule has 0 aliphatic carbocycles. The normalized spacial score (nSPS) is 10.0. The minimum Gasteiger partial charge on any atom is -0.364 e. The second-order valence-electron chi connectivity index (χ2n) is 2.82. The van der Waals surface area contributed by atoms with Gasteiger partial charge in [0.05, 0.1) is 0 Å². The lowest BCUT2D eigenvalue weighted by molar-refractivity contribution is 0.0994. The molecule has 4 heteroatoms. The number of carbonyl (C=O) groups excluding carboxylic acids is 1. The van der Waals surface area contributed by atoms with Crippen molar-refractivity contribution < 1.29 is 4.79 Å². The minimum atomic E-state index is -0.458. The summed E-state index contributed by atoms with van der Waals surface area (Å²) >= 11 is 0. The molecule has 0 radical (unpaired) electrons. The summed E-state index contributed by atoms with van der Waals surface area (Å²) in [6, 6.07) is 8.91. The predicted molar refractivity (Wildman–Crippen MR) is 52.1 cm³/mol. The van der Waals surface area contributed by atoms with Crippen LogP contribution in [0.1, 0.15) is 10.5 Å². The molecular formula is C10H9N3O. The summed E-state index contributed by atoms with van der Waals surface area (Å²) < 4.78 is 1.66. The first-order chi connectivity index (χ1) is 6.79. The number of rotatable bonds is 2. The van der Waals surface area contributed by atoms with E-state index in [1.165, 1.54) is 0 Å². The Balaban J connectivity index is 2.52. The van der Waals surface area contributed by atoms with Crippen LogP contribution in [0.3, 0.4) is 0 Å². The van der Waals surface area contributed by atoms with E-state index in [9.17, 15) is 4.79 Å². The molecule has 1 amide bonds. The van der Waals surface area contributed by atoms with E-state index < -0.39 is 5.91 Å². The van der Waals surface area contributed by atoms with E-state index in [1.54, 1.807) is 29.1 Å². The molecule has 0 saturated heterocycles. The molecule has 0 aromatic carbocycles. The standard InChI is InChI=1S/C10H9N3O/c11-10(14)8-4-3-7-13(8)9-5-1-2-6-12-9/h1-7H,(H2,11,14). The van der Waals surface area contributed by atoms with Gasteiger partial charge in [0.15, 0.2) is 0 Å². The van der Waals surface area contributed by atoms with Crippen LogP contribution < -0.4 is 5.73 Å². The maximum atomic E-state index is 11.0. The lowest BCUT2D eigenvalue weighted by Gasteiger charge is -2.04. The van der Waals surface area contributed by atoms with Gasteiger partial charge in [0, 0.05) is 12.4 Å². The fourth-order valence-corrected chi connectivity index (χ4v) is 1.28. The van der Waals surface area contributed by atoms with Crippen molar-refractivity contribution in [1.82, 2.24) is 9.55 Å². The molecule has 0 unspecified atom stereocenters. The molecule has 0 aliphatic heterocycles. The van der Waals surface area contributed by atoms with Crippen LogP contribution in [0.15, 0.2) is 42.7 Å². The maximum Gasteiger partial charge on any atom is 0.265 e. The number of nitrogens with zero attached hydrogens (tertiary/aromatic N) is 2. The zero-order chi connectivity index (χ0) is 9.97. The molecule has 0 bridgehead atoms. The number of pyridine rings is 1. The fraction of sp³-hybridized carbons (Fsp3) is 0. The molecule has 2 heterocycles. The predicted octanol–water partition coefficient (Wildman–Crippen LogP) is 0.971. The third-order valence-electron chi connectivity index (χ3n) is 1.90. The van der Waals surface area contributed by atoms with Crippen LogP contribution >= 0.6 is 0 Å². The molecule has 0 aliphatic rings. The molecule has 70 valence electrons. The smallest absolute Gasteiger partial charge is 0.265 e. The average Bonchev–Trinajstić information content (AvgIpc) is 2.67. The number of aromatic nitrogens is 2. The van der Waals surface area contributed by atoms with Gasteiger partial charge in [-0.3, -0.25) is 9.36 Å². The van der Waals surface area contributed by atoms with Crippen molar-refractivity contribution in [3.63, 3.8) is 0 Å². The topological polar surface area (TPSA) is 60.9 Å². The summed E-state index contributed by atoms with van der Waals surface area (Å²) in [5.74, 6) is 0.229. The van der Waals surface area contributed by atoms with Crippen LogP contribution in [0, 0.1) is 0 Å². The zero-order valence-electron chi connectivity index (χ0n) is 7.42. The third kappa shape index (κ3) is 1.37. The van der Waals surface area contributed by atoms with Gasteiger partial charge in [0.2, 0.25) is 0 Å². The van der Waals surface area contributed by atoms with Crippen LogP contribution in [0.5, 0.6) is 0 Å². The summed E-state index contributed by atoms with van der Waals surface area (Å²) in [5.41, 5.74) is 5.64. The molecule has 2 rings (SSSR count). The quantitative estimate of drug-likeness (QED) is 0.761. The number of carbonyl (C=O) groups is 1. The molecule has 0 fully saturated rings. The molecular weight excluding hydrogens is 178 g/mol. The van der Waals surface area contributed by atoms with E-state index in [0.29, 0.717) is 11.5 Å². The van der Waals surface area contributed by atoms with Crippen molar-refractivity contribution in [3.8, 4) is 5.82 Å². The monoisotopic (exact) mass is 187 g/mol. The highest BCUT2D eigenvalue weighted by Gasteiger charge is 2.07. The van der Waals surface area contributed by atoms with Crippen LogP contribution in [0.4, 0.5) is 0 Å². The van der Waals surface area contributed by atoms with Crippen molar-refractivity contribution in [1.29, 1.82) is 0 Å². The number of hydrogen-bond donors (Lipinski definition) is 1. The SMILES string of the molecule is NC(=O)c1cccn1-c1ccccn1. The molecule has 2 N–H and O–H groups in total. The Labute approximate surface area is 81.0 Å². The van der Waals surface area contributed by atoms with Gasteiger partial charge in [0.25, 0.3) is 5.91 Å². The van der Waals surface area contributed by atoms with Gasteiger partial charge < -0.3 is 5.73 Å². The van der Waals surface area contributed by atoms with Crippen LogP contribution in [0.25, 0.3) is 5.82 Å². The summed E-state index contributed by atoms with van der Waals surface area (Å²) in [7, 11) is 0. The lowest BCUT2D eigenvalue weighted by atomic mass is 10.4. The second kappa shape index (κ2) is 3.33. The van der Waals surface area contributed by atoms with Gasteiger partial charge in [0.1, 0.15) is 11.5 Å². The molecule has 14 heavy (non-hydrogen) atoms. The summed E-state index contributed by atoms with van der Waals surface area (Å²) in [4.78, 5) is 15.1. The number of amides is 1. The number of hydrogen-bond acceptors (Lipinski definition) is 2. The lowest BCUT2D eigenvalue weighted by Crippen LogP contribution is -2.16. The Bertz CT molecular complexity index is 447. The Morgan fingerprint density at radius 1 is 1.29 bits per heavy atom. The molecule has 4 nitrogen and oxygen atoms in total. The van der Waals surface area contributed by atoms with Crippen LogP contribution in [0.2, 0.25) is 0 Å². The first kappa shape index (κ1) is 8.50. The molecule has 0 atom stereocenters. The largest absolute Gasteiger partial charge is 0.364 e. The van der Waals surface area contributed by atoms with Gasteiger partial charge in [-0.25, -0.2) is 4.98 Å². The summed E-state index contributed by atoms with van der Waals surface area (Å²) in [6.07, 6.45) is 3.42. The van der Waals surface area contributed by atoms with Gasteiger partial charge in [-0.05, 0) is 24.3 Å². The van der Waals surface area contributed by atoms with E-state index in [-0.39, 0.29) is 0 Å².